The van der Waals surface area contributed by atoms with Crippen LogP contribution in [0.25, 0.3) is 0 Å². The van der Waals surface area contributed by atoms with Crippen molar-refractivity contribution in [2.45, 2.75) is 32.8 Å². The van der Waals surface area contributed by atoms with Gasteiger partial charge in [0.15, 0.2) is 0 Å². The van der Waals surface area contributed by atoms with Gasteiger partial charge in [-0.3, -0.25) is 4.79 Å². The summed E-state index contributed by atoms with van der Waals surface area (Å²) in [4.78, 5) is 11.5. The molecule has 3 nitrogen and oxygen atoms in total. The van der Waals surface area contributed by atoms with E-state index in [1.165, 1.54) is 0 Å². The molecule has 0 aromatic carbocycles. The molecule has 3 heteroatoms. The maximum absolute atomic E-state index is 11.5. The Hall–Kier alpha value is -0.830. The van der Waals surface area contributed by atoms with Crippen LogP contribution in [-0.4, -0.2) is 23.8 Å². The molecule has 0 saturated carbocycles. The third kappa shape index (κ3) is 2.31. The number of aliphatic hydroxyl groups excluding tert-OH is 1. The van der Waals surface area contributed by atoms with Crippen LogP contribution in [0.15, 0.2) is 12.2 Å². The highest BCUT2D eigenvalue weighted by Crippen LogP contribution is 2.31. The van der Waals surface area contributed by atoms with Crippen LogP contribution in [-0.2, 0) is 9.53 Å². The first kappa shape index (κ1) is 10.3. The normalized spacial score (nSPS) is 33.0. The van der Waals surface area contributed by atoms with E-state index in [0.29, 0.717) is 19.4 Å². The van der Waals surface area contributed by atoms with Gasteiger partial charge in [-0.15, -0.1) is 0 Å². The quantitative estimate of drug-likeness (QED) is 0.519. The van der Waals surface area contributed by atoms with Crippen molar-refractivity contribution >= 4 is 5.97 Å². The predicted molar refractivity (Wildman–Crippen MR) is 49.1 cm³/mol. The Labute approximate surface area is 78.4 Å². The fourth-order valence-corrected chi connectivity index (χ4v) is 1.42. The summed E-state index contributed by atoms with van der Waals surface area (Å²) >= 11 is 0. The molecule has 0 heterocycles. The van der Waals surface area contributed by atoms with Gasteiger partial charge in [-0.05, 0) is 26.7 Å². The molecule has 0 amide bonds. The lowest BCUT2D eigenvalue weighted by molar-refractivity contribution is -0.152. The van der Waals surface area contributed by atoms with Crippen molar-refractivity contribution in [3.05, 3.63) is 12.2 Å². The number of aliphatic hydroxyl groups is 1. The molecule has 1 aliphatic rings. The van der Waals surface area contributed by atoms with Crippen molar-refractivity contribution in [1.82, 2.24) is 0 Å². The molecule has 0 radical (unpaired) electrons. The van der Waals surface area contributed by atoms with Crippen molar-refractivity contribution in [3.63, 3.8) is 0 Å². The first-order chi connectivity index (χ1) is 6.08. The lowest BCUT2D eigenvalue weighted by Gasteiger charge is -2.28. The summed E-state index contributed by atoms with van der Waals surface area (Å²) in [6.07, 6.45) is 4.30. The number of hydrogen-bond donors (Lipinski definition) is 1. The summed E-state index contributed by atoms with van der Waals surface area (Å²) in [5.74, 6) is -0.196. The van der Waals surface area contributed by atoms with Crippen LogP contribution < -0.4 is 0 Å². The maximum atomic E-state index is 11.5. The fourth-order valence-electron chi connectivity index (χ4n) is 1.42. The van der Waals surface area contributed by atoms with E-state index in [4.69, 9.17) is 4.74 Å². The first-order valence-corrected chi connectivity index (χ1v) is 4.63. The molecule has 0 bridgehead atoms. The third-order valence-corrected chi connectivity index (χ3v) is 2.39. The Morgan fingerprint density at radius 2 is 2.46 bits per heavy atom. The van der Waals surface area contributed by atoms with E-state index in [1.54, 1.807) is 19.1 Å². The Balaban J connectivity index is 2.66. The second-order valence-electron chi connectivity index (χ2n) is 3.60. The van der Waals surface area contributed by atoms with E-state index in [9.17, 15) is 9.90 Å². The van der Waals surface area contributed by atoms with Crippen LogP contribution >= 0.6 is 0 Å². The summed E-state index contributed by atoms with van der Waals surface area (Å²) in [5, 5.41) is 9.21. The van der Waals surface area contributed by atoms with Crippen LogP contribution in [0.5, 0.6) is 0 Å². The summed E-state index contributed by atoms with van der Waals surface area (Å²) in [6.45, 7) is 4.04. The molecule has 0 aliphatic heterocycles. The molecular weight excluding hydrogens is 168 g/mol. The van der Waals surface area contributed by atoms with Gasteiger partial charge in [0.1, 0.15) is 0 Å². The summed E-state index contributed by atoms with van der Waals surface area (Å²) in [5.41, 5.74) is -0.532. The van der Waals surface area contributed by atoms with Gasteiger partial charge in [-0.2, -0.15) is 0 Å². The second-order valence-corrected chi connectivity index (χ2v) is 3.60. The van der Waals surface area contributed by atoms with Crippen LogP contribution in [0, 0.1) is 5.41 Å². The van der Waals surface area contributed by atoms with E-state index in [-0.39, 0.29) is 5.97 Å². The van der Waals surface area contributed by atoms with Crippen LogP contribution in [0.3, 0.4) is 0 Å². The molecular formula is C10H16O3. The van der Waals surface area contributed by atoms with Crippen molar-refractivity contribution in [1.29, 1.82) is 0 Å². The molecule has 0 aromatic heterocycles. The van der Waals surface area contributed by atoms with E-state index < -0.39 is 11.5 Å². The minimum absolute atomic E-state index is 0.196. The molecule has 1 aliphatic carbocycles. The Morgan fingerprint density at radius 1 is 1.77 bits per heavy atom. The smallest absolute Gasteiger partial charge is 0.315 e. The molecule has 0 spiro atoms. The van der Waals surface area contributed by atoms with Crippen LogP contribution in [0.1, 0.15) is 26.7 Å². The lowest BCUT2D eigenvalue weighted by Crippen LogP contribution is -2.31. The minimum atomic E-state index is -0.532. The SMILES string of the molecule is CCOC(=O)[C@@]1(C)C=C[C@H](O)CC1. The number of ether oxygens (including phenoxy) is 1. The Bertz CT molecular complexity index is 222. The van der Waals surface area contributed by atoms with E-state index in [1.807, 2.05) is 6.92 Å². The Kier molecular flexibility index (Phi) is 3.09. The monoisotopic (exact) mass is 184 g/mol. The minimum Gasteiger partial charge on any atom is -0.465 e. The standard InChI is InChI=1S/C10H16O3/c1-3-13-9(12)10(2)6-4-8(11)5-7-10/h4,6,8,11H,3,5,7H2,1-2H3/t8-,10-/m0/s1. The zero-order valence-electron chi connectivity index (χ0n) is 8.12. The van der Waals surface area contributed by atoms with E-state index in [2.05, 4.69) is 0 Å². The molecule has 0 unspecified atom stereocenters. The van der Waals surface area contributed by atoms with Crippen molar-refractivity contribution in [2.24, 2.45) is 5.41 Å². The summed E-state index contributed by atoms with van der Waals surface area (Å²) < 4.78 is 4.95. The van der Waals surface area contributed by atoms with E-state index in [0.717, 1.165) is 0 Å². The van der Waals surface area contributed by atoms with Gasteiger partial charge in [0.2, 0.25) is 0 Å². The zero-order valence-corrected chi connectivity index (χ0v) is 8.12. The van der Waals surface area contributed by atoms with Crippen molar-refractivity contribution in [2.75, 3.05) is 6.61 Å². The van der Waals surface area contributed by atoms with Crippen molar-refractivity contribution < 1.29 is 14.6 Å². The predicted octanol–water partition coefficient (Wildman–Crippen LogP) is 1.27. The van der Waals surface area contributed by atoms with Gasteiger partial charge >= 0.3 is 5.97 Å². The second kappa shape index (κ2) is 3.92. The van der Waals surface area contributed by atoms with Crippen LogP contribution in [0.4, 0.5) is 0 Å². The highest BCUT2D eigenvalue weighted by molar-refractivity contribution is 5.78. The highest BCUT2D eigenvalue weighted by Gasteiger charge is 2.34. The number of hydrogen-bond acceptors (Lipinski definition) is 3. The molecule has 1 rings (SSSR count). The zero-order chi connectivity index (χ0) is 9.90. The molecule has 0 aromatic rings. The van der Waals surface area contributed by atoms with Gasteiger partial charge in [-0.25, -0.2) is 0 Å². The average Bonchev–Trinajstić information content (AvgIpc) is 2.11. The summed E-state index contributed by atoms with van der Waals surface area (Å²) in [7, 11) is 0. The topological polar surface area (TPSA) is 46.5 Å². The van der Waals surface area contributed by atoms with Gasteiger partial charge < -0.3 is 9.84 Å². The van der Waals surface area contributed by atoms with Gasteiger partial charge in [0.05, 0.1) is 18.1 Å². The Morgan fingerprint density at radius 3 is 2.92 bits per heavy atom. The molecule has 0 fully saturated rings. The molecule has 74 valence electrons. The first-order valence-electron chi connectivity index (χ1n) is 4.63. The maximum Gasteiger partial charge on any atom is 0.315 e. The van der Waals surface area contributed by atoms with Gasteiger partial charge in [-0.1, -0.05) is 12.2 Å². The molecule has 2 atom stereocenters. The number of carbonyl (C=O) groups is 1. The molecule has 1 N–H and O–H groups in total. The van der Waals surface area contributed by atoms with Crippen molar-refractivity contribution in [3.8, 4) is 0 Å². The largest absolute Gasteiger partial charge is 0.465 e. The summed E-state index contributed by atoms with van der Waals surface area (Å²) in [6, 6.07) is 0. The number of carbonyl (C=O) groups excluding carboxylic acids is 1. The average molecular weight is 184 g/mol. The number of rotatable bonds is 2. The highest BCUT2D eigenvalue weighted by atomic mass is 16.5. The third-order valence-electron chi connectivity index (χ3n) is 2.39. The number of esters is 1. The van der Waals surface area contributed by atoms with Crippen LogP contribution in [0.2, 0.25) is 0 Å². The molecule has 13 heavy (non-hydrogen) atoms. The molecule has 0 saturated heterocycles. The van der Waals surface area contributed by atoms with Gasteiger partial charge in [0.25, 0.3) is 0 Å². The lowest BCUT2D eigenvalue weighted by atomic mass is 9.80. The van der Waals surface area contributed by atoms with E-state index >= 15 is 0 Å². The fraction of sp³-hybridized carbons (Fsp3) is 0.700. The van der Waals surface area contributed by atoms with Gasteiger partial charge in [0, 0.05) is 0 Å².